The summed E-state index contributed by atoms with van der Waals surface area (Å²) in [6.07, 6.45) is 3.61. The smallest absolute Gasteiger partial charge is 0.176 e. The number of rotatable bonds is 9. The number of hydrogen-bond acceptors (Lipinski definition) is 5. The number of halogens is 1. The second-order valence-corrected chi connectivity index (χ2v) is 6.68. The van der Waals surface area contributed by atoms with Gasteiger partial charge in [0.1, 0.15) is 17.9 Å². The molecule has 5 nitrogen and oxygen atoms in total. The van der Waals surface area contributed by atoms with Gasteiger partial charge in [-0.1, -0.05) is 24.6 Å². The zero-order valence-corrected chi connectivity index (χ0v) is 16.8. The van der Waals surface area contributed by atoms with Crippen molar-refractivity contribution in [3.05, 3.63) is 46.4 Å². The monoisotopic (exact) mass is 377 g/mol. The summed E-state index contributed by atoms with van der Waals surface area (Å²) in [6, 6.07) is 4.06. The summed E-state index contributed by atoms with van der Waals surface area (Å²) in [6.45, 7) is 9.65. The van der Waals surface area contributed by atoms with E-state index in [9.17, 15) is 0 Å². The maximum absolute atomic E-state index is 6.46. The van der Waals surface area contributed by atoms with Crippen LogP contribution in [0.5, 0.6) is 5.75 Å². The van der Waals surface area contributed by atoms with E-state index in [0.717, 1.165) is 48.6 Å². The van der Waals surface area contributed by atoms with Crippen molar-refractivity contribution in [2.24, 2.45) is 0 Å². The standard InChI is InChI=1S/C20H28ClN3O2/c1-5-17-16(20(22)24-12-23-17)11-19(21)26-18-8-7-15(9-10-25-6-2)13(3)14(18)4/h7-8,12,19H,5-6,9-11H2,1-4H3,(H2,22,23,24). The minimum Gasteiger partial charge on any atom is -0.474 e. The van der Waals surface area contributed by atoms with Crippen LogP contribution in [-0.2, 0) is 24.0 Å². The molecule has 0 aliphatic carbocycles. The highest BCUT2D eigenvalue weighted by Gasteiger charge is 2.16. The van der Waals surface area contributed by atoms with Crippen molar-refractivity contribution in [1.82, 2.24) is 9.97 Å². The van der Waals surface area contributed by atoms with Crippen LogP contribution >= 0.6 is 11.6 Å². The first kappa shape index (κ1) is 20.5. The first-order valence-corrected chi connectivity index (χ1v) is 9.47. The third-order valence-corrected chi connectivity index (χ3v) is 4.84. The molecule has 0 bridgehead atoms. The molecule has 0 saturated carbocycles. The molecular formula is C20H28ClN3O2. The van der Waals surface area contributed by atoms with Gasteiger partial charge >= 0.3 is 0 Å². The SMILES string of the molecule is CCOCCc1ccc(OC(Cl)Cc2c(N)ncnc2CC)c(C)c1C. The van der Waals surface area contributed by atoms with Gasteiger partial charge < -0.3 is 15.2 Å². The van der Waals surface area contributed by atoms with E-state index < -0.39 is 5.56 Å². The lowest BCUT2D eigenvalue weighted by Gasteiger charge is -2.19. The first-order valence-electron chi connectivity index (χ1n) is 9.03. The maximum Gasteiger partial charge on any atom is 0.176 e. The number of ether oxygens (including phenoxy) is 2. The molecule has 0 amide bonds. The molecule has 6 heteroatoms. The van der Waals surface area contributed by atoms with Gasteiger partial charge in [0.05, 0.1) is 6.61 Å². The highest BCUT2D eigenvalue weighted by atomic mass is 35.5. The molecule has 2 aromatic rings. The lowest BCUT2D eigenvalue weighted by atomic mass is 10.0. The van der Waals surface area contributed by atoms with Gasteiger partial charge in [-0.25, -0.2) is 9.97 Å². The van der Waals surface area contributed by atoms with Crippen molar-refractivity contribution >= 4 is 17.4 Å². The van der Waals surface area contributed by atoms with E-state index in [1.165, 1.54) is 17.5 Å². The molecule has 2 rings (SSSR count). The van der Waals surface area contributed by atoms with Crippen LogP contribution < -0.4 is 10.5 Å². The first-order chi connectivity index (χ1) is 12.5. The average Bonchev–Trinajstić information content (AvgIpc) is 2.62. The van der Waals surface area contributed by atoms with Crippen LogP contribution in [0.25, 0.3) is 0 Å². The van der Waals surface area contributed by atoms with Crippen molar-refractivity contribution in [2.75, 3.05) is 18.9 Å². The van der Waals surface area contributed by atoms with Crippen LogP contribution in [0.4, 0.5) is 5.82 Å². The van der Waals surface area contributed by atoms with Crippen molar-refractivity contribution < 1.29 is 9.47 Å². The van der Waals surface area contributed by atoms with Crippen LogP contribution in [0, 0.1) is 13.8 Å². The highest BCUT2D eigenvalue weighted by Crippen LogP contribution is 2.27. The van der Waals surface area contributed by atoms with E-state index in [1.54, 1.807) is 0 Å². The van der Waals surface area contributed by atoms with E-state index in [-0.39, 0.29) is 0 Å². The van der Waals surface area contributed by atoms with Crippen molar-refractivity contribution in [1.29, 1.82) is 0 Å². The minimum absolute atomic E-state index is 0.460. The minimum atomic E-state index is -0.541. The van der Waals surface area contributed by atoms with Gasteiger partial charge in [-0.05, 0) is 56.4 Å². The van der Waals surface area contributed by atoms with E-state index in [0.29, 0.717) is 12.2 Å². The Morgan fingerprint density at radius 3 is 2.62 bits per heavy atom. The van der Waals surface area contributed by atoms with Crippen molar-refractivity contribution in [3.63, 3.8) is 0 Å². The van der Waals surface area contributed by atoms with Crippen molar-refractivity contribution in [3.8, 4) is 5.75 Å². The Morgan fingerprint density at radius 2 is 1.92 bits per heavy atom. The van der Waals surface area contributed by atoms with E-state index in [2.05, 4.69) is 29.9 Å². The van der Waals surface area contributed by atoms with Gasteiger partial charge in [0.15, 0.2) is 5.56 Å². The predicted molar refractivity (Wildman–Crippen MR) is 106 cm³/mol. The molecule has 1 heterocycles. The predicted octanol–water partition coefficient (Wildman–Crippen LogP) is 4.00. The number of benzene rings is 1. The molecule has 0 fully saturated rings. The van der Waals surface area contributed by atoms with Gasteiger partial charge in [-0.3, -0.25) is 0 Å². The number of aryl methyl sites for hydroxylation is 1. The van der Waals surface area contributed by atoms with Gasteiger partial charge in [-0.15, -0.1) is 0 Å². The van der Waals surface area contributed by atoms with Crippen LogP contribution in [0.1, 0.15) is 41.8 Å². The van der Waals surface area contributed by atoms with Crippen LogP contribution in [0.3, 0.4) is 0 Å². The quantitative estimate of drug-likeness (QED) is 0.528. The van der Waals surface area contributed by atoms with Crippen LogP contribution in [-0.4, -0.2) is 28.7 Å². The molecular weight excluding hydrogens is 350 g/mol. The summed E-state index contributed by atoms with van der Waals surface area (Å²) in [5.41, 5.74) is 10.8. The lowest BCUT2D eigenvalue weighted by molar-refractivity contribution is 0.151. The lowest BCUT2D eigenvalue weighted by Crippen LogP contribution is -2.17. The van der Waals surface area contributed by atoms with Crippen molar-refractivity contribution in [2.45, 2.75) is 52.5 Å². The fraction of sp³-hybridized carbons (Fsp3) is 0.500. The molecule has 1 aromatic heterocycles. The largest absolute Gasteiger partial charge is 0.474 e. The molecule has 0 spiro atoms. The maximum atomic E-state index is 6.46. The Balaban J connectivity index is 2.10. The van der Waals surface area contributed by atoms with Crippen LogP contribution in [0.15, 0.2) is 18.5 Å². The fourth-order valence-corrected chi connectivity index (χ4v) is 3.16. The number of nitrogens with zero attached hydrogens (tertiary/aromatic N) is 2. The molecule has 0 saturated heterocycles. The number of hydrogen-bond donors (Lipinski definition) is 1. The van der Waals surface area contributed by atoms with Gasteiger partial charge in [-0.2, -0.15) is 0 Å². The average molecular weight is 378 g/mol. The second kappa shape index (κ2) is 9.74. The normalized spacial score (nSPS) is 12.2. The number of anilines is 1. The Morgan fingerprint density at radius 1 is 1.15 bits per heavy atom. The molecule has 1 atom stereocenters. The topological polar surface area (TPSA) is 70.3 Å². The molecule has 2 N–H and O–H groups in total. The fourth-order valence-electron chi connectivity index (χ4n) is 2.91. The molecule has 142 valence electrons. The third-order valence-electron chi connectivity index (χ3n) is 4.59. The van der Waals surface area contributed by atoms with Crippen LogP contribution in [0.2, 0.25) is 0 Å². The summed E-state index contributed by atoms with van der Waals surface area (Å²) in [7, 11) is 0. The molecule has 0 aliphatic rings. The Hall–Kier alpha value is -1.85. The molecule has 26 heavy (non-hydrogen) atoms. The second-order valence-electron chi connectivity index (χ2n) is 6.19. The number of nitrogens with two attached hydrogens (primary N) is 1. The summed E-state index contributed by atoms with van der Waals surface area (Å²) >= 11 is 6.46. The number of nitrogen functional groups attached to an aromatic ring is 1. The highest BCUT2D eigenvalue weighted by molar-refractivity contribution is 6.20. The summed E-state index contributed by atoms with van der Waals surface area (Å²) in [5.74, 6) is 1.25. The number of alkyl halides is 1. The molecule has 1 aromatic carbocycles. The van der Waals surface area contributed by atoms with Gasteiger partial charge in [0.25, 0.3) is 0 Å². The molecule has 0 aliphatic heterocycles. The Bertz CT molecular complexity index is 737. The molecule has 1 unspecified atom stereocenters. The van der Waals surface area contributed by atoms with E-state index in [1.807, 2.05) is 19.9 Å². The van der Waals surface area contributed by atoms with Gasteiger partial charge in [0, 0.05) is 24.3 Å². The third kappa shape index (κ3) is 5.08. The van der Waals surface area contributed by atoms with E-state index in [4.69, 9.17) is 26.8 Å². The Kier molecular flexibility index (Phi) is 7.66. The van der Waals surface area contributed by atoms with Gasteiger partial charge in [0.2, 0.25) is 0 Å². The Labute approximate surface area is 160 Å². The zero-order valence-electron chi connectivity index (χ0n) is 16.0. The summed E-state index contributed by atoms with van der Waals surface area (Å²) in [5, 5.41) is 0. The summed E-state index contributed by atoms with van der Waals surface area (Å²) < 4.78 is 11.4. The van der Waals surface area contributed by atoms with E-state index >= 15 is 0 Å². The summed E-state index contributed by atoms with van der Waals surface area (Å²) in [4.78, 5) is 8.35. The molecule has 0 radical (unpaired) electrons. The number of aromatic nitrogens is 2. The zero-order chi connectivity index (χ0) is 19.1.